The molecule has 0 saturated heterocycles. The van der Waals surface area contributed by atoms with Crippen LogP contribution in [0.25, 0.3) is 0 Å². The van der Waals surface area contributed by atoms with Crippen LogP contribution in [-0.2, 0) is 12.7 Å². The Kier molecular flexibility index (Phi) is 4.21. The van der Waals surface area contributed by atoms with Crippen LogP contribution >= 0.6 is 0 Å². The first kappa shape index (κ1) is 15.4. The van der Waals surface area contributed by atoms with Gasteiger partial charge in [0.2, 0.25) is 0 Å². The molecule has 0 aliphatic heterocycles. The summed E-state index contributed by atoms with van der Waals surface area (Å²) >= 11 is 0. The first-order valence-corrected chi connectivity index (χ1v) is 6.44. The second-order valence-corrected chi connectivity index (χ2v) is 4.95. The molecule has 1 nitrogen and oxygen atoms in total. The first-order chi connectivity index (χ1) is 9.77. The van der Waals surface area contributed by atoms with Crippen molar-refractivity contribution in [2.45, 2.75) is 26.6 Å². The zero-order valence-electron chi connectivity index (χ0n) is 11.7. The zero-order valence-corrected chi connectivity index (χ0v) is 11.7. The zero-order chi connectivity index (χ0) is 15.6. The molecule has 0 aliphatic carbocycles. The van der Waals surface area contributed by atoms with E-state index in [9.17, 15) is 17.6 Å². The summed E-state index contributed by atoms with van der Waals surface area (Å²) in [5.41, 5.74) is 2.06. The second-order valence-electron chi connectivity index (χ2n) is 4.95. The molecule has 21 heavy (non-hydrogen) atoms. The summed E-state index contributed by atoms with van der Waals surface area (Å²) < 4.78 is 51.1. The summed E-state index contributed by atoms with van der Waals surface area (Å²) in [4.78, 5) is 0. The van der Waals surface area contributed by atoms with Crippen molar-refractivity contribution >= 4 is 5.69 Å². The normalized spacial score (nSPS) is 11.5. The molecule has 112 valence electrons. The van der Waals surface area contributed by atoms with Crippen LogP contribution in [0.3, 0.4) is 0 Å². The average molecular weight is 297 g/mol. The van der Waals surface area contributed by atoms with Crippen molar-refractivity contribution in [3.63, 3.8) is 0 Å². The van der Waals surface area contributed by atoms with E-state index in [2.05, 4.69) is 5.32 Å². The van der Waals surface area contributed by atoms with Crippen LogP contribution in [0, 0.1) is 19.7 Å². The summed E-state index contributed by atoms with van der Waals surface area (Å²) in [5, 5.41) is 2.98. The van der Waals surface area contributed by atoms with Gasteiger partial charge < -0.3 is 5.32 Å². The number of nitrogens with one attached hydrogen (secondary N) is 1. The Labute approximate surface area is 120 Å². The Morgan fingerprint density at radius 1 is 0.952 bits per heavy atom. The molecule has 0 radical (unpaired) electrons. The van der Waals surface area contributed by atoms with E-state index in [1.54, 1.807) is 19.9 Å². The van der Waals surface area contributed by atoms with Gasteiger partial charge in [0.15, 0.2) is 0 Å². The van der Waals surface area contributed by atoms with Crippen molar-refractivity contribution in [2.24, 2.45) is 0 Å². The number of halogens is 4. The third-order valence-corrected chi connectivity index (χ3v) is 3.34. The number of alkyl halides is 3. The fourth-order valence-corrected chi connectivity index (χ4v) is 2.04. The Morgan fingerprint density at radius 3 is 2.29 bits per heavy atom. The molecule has 0 fully saturated rings. The lowest BCUT2D eigenvalue weighted by Crippen LogP contribution is -2.08. The first-order valence-electron chi connectivity index (χ1n) is 6.44. The minimum atomic E-state index is -4.37. The maximum Gasteiger partial charge on any atom is 0.416 e. The van der Waals surface area contributed by atoms with Gasteiger partial charge >= 0.3 is 6.18 Å². The Balaban J connectivity index is 2.19. The molecule has 0 saturated carbocycles. The van der Waals surface area contributed by atoms with Gasteiger partial charge in [-0.25, -0.2) is 4.39 Å². The van der Waals surface area contributed by atoms with E-state index in [1.807, 2.05) is 0 Å². The number of anilines is 1. The molecule has 0 atom stereocenters. The highest BCUT2D eigenvalue weighted by Gasteiger charge is 2.30. The maximum absolute atomic E-state index is 13.0. The van der Waals surface area contributed by atoms with Crippen molar-refractivity contribution in [1.29, 1.82) is 0 Å². The second kappa shape index (κ2) is 5.76. The third kappa shape index (κ3) is 3.74. The van der Waals surface area contributed by atoms with E-state index in [-0.39, 0.29) is 5.82 Å². The van der Waals surface area contributed by atoms with Crippen LogP contribution in [0.5, 0.6) is 0 Å². The number of benzene rings is 2. The molecule has 0 aliphatic rings. The highest BCUT2D eigenvalue weighted by Crippen LogP contribution is 2.32. The number of hydrogen-bond donors (Lipinski definition) is 1. The number of rotatable bonds is 3. The molecule has 2 aromatic rings. The molecule has 5 heteroatoms. The highest BCUT2D eigenvalue weighted by atomic mass is 19.4. The van der Waals surface area contributed by atoms with Crippen molar-refractivity contribution in [3.05, 3.63) is 64.5 Å². The largest absolute Gasteiger partial charge is 0.416 e. The van der Waals surface area contributed by atoms with Gasteiger partial charge in [0.1, 0.15) is 5.82 Å². The van der Waals surface area contributed by atoms with Crippen LogP contribution in [0.4, 0.5) is 23.2 Å². The smallest absolute Gasteiger partial charge is 0.381 e. The lowest BCUT2D eigenvalue weighted by molar-refractivity contribution is -0.137. The van der Waals surface area contributed by atoms with Gasteiger partial charge in [0, 0.05) is 12.2 Å². The number of aryl methyl sites for hydroxylation is 2. The molecule has 0 unspecified atom stereocenters. The van der Waals surface area contributed by atoms with Gasteiger partial charge in [0.25, 0.3) is 0 Å². The molecule has 0 spiro atoms. The molecule has 0 bridgehead atoms. The van der Waals surface area contributed by atoms with Gasteiger partial charge in [-0.2, -0.15) is 13.2 Å². The molecule has 0 heterocycles. The molecular formula is C16H15F4N. The maximum atomic E-state index is 13.0. The van der Waals surface area contributed by atoms with Gasteiger partial charge in [-0.1, -0.05) is 12.1 Å². The van der Waals surface area contributed by atoms with Crippen molar-refractivity contribution in [2.75, 3.05) is 5.32 Å². The van der Waals surface area contributed by atoms with E-state index in [0.29, 0.717) is 12.2 Å². The lowest BCUT2D eigenvalue weighted by atomic mass is 10.1. The molecule has 0 amide bonds. The van der Waals surface area contributed by atoms with Crippen molar-refractivity contribution in [1.82, 2.24) is 0 Å². The Bertz CT molecular complexity index is 647. The fourth-order valence-electron chi connectivity index (χ4n) is 2.04. The predicted molar refractivity (Wildman–Crippen MR) is 74.6 cm³/mol. The van der Waals surface area contributed by atoms with Crippen LogP contribution in [0.15, 0.2) is 36.4 Å². The standard InChI is InChI=1S/C16H15F4N/c1-10-3-5-13(16(18,19)20)8-15(10)21-9-12-4-6-14(17)7-11(12)2/h3-8,21H,9H2,1-2H3. The molecule has 2 rings (SSSR count). The summed E-state index contributed by atoms with van der Waals surface area (Å²) in [5.74, 6) is -0.327. The van der Waals surface area contributed by atoms with Crippen LogP contribution in [0.1, 0.15) is 22.3 Å². The highest BCUT2D eigenvalue weighted by molar-refractivity contribution is 5.53. The van der Waals surface area contributed by atoms with E-state index in [4.69, 9.17) is 0 Å². The van der Waals surface area contributed by atoms with E-state index < -0.39 is 11.7 Å². The molecule has 1 N–H and O–H groups in total. The Hall–Kier alpha value is -2.04. The van der Waals surface area contributed by atoms with Gasteiger partial charge in [-0.15, -0.1) is 0 Å². The fraction of sp³-hybridized carbons (Fsp3) is 0.250. The predicted octanol–water partition coefficient (Wildman–Crippen LogP) is 5.07. The lowest BCUT2D eigenvalue weighted by Gasteiger charge is -2.14. The summed E-state index contributed by atoms with van der Waals surface area (Å²) in [6, 6.07) is 7.94. The van der Waals surface area contributed by atoms with Gasteiger partial charge in [0.05, 0.1) is 5.56 Å². The van der Waals surface area contributed by atoms with Crippen LogP contribution in [0.2, 0.25) is 0 Å². The van der Waals surface area contributed by atoms with E-state index in [1.165, 1.54) is 18.2 Å². The summed E-state index contributed by atoms with van der Waals surface area (Å²) in [6.07, 6.45) is -4.37. The molecule has 2 aromatic carbocycles. The van der Waals surface area contributed by atoms with E-state index >= 15 is 0 Å². The SMILES string of the molecule is Cc1cc(F)ccc1CNc1cc(C(F)(F)F)ccc1C. The Morgan fingerprint density at radius 2 is 1.67 bits per heavy atom. The van der Waals surface area contributed by atoms with Crippen molar-refractivity contribution < 1.29 is 17.6 Å². The molecule has 0 aromatic heterocycles. The molecular weight excluding hydrogens is 282 g/mol. The summed E-state index contributed by atoms with van der Waals surface area (Å²) in [7, 11) is 0. The topological polar surface area (TPSA) is 12.0 Å². The van der Waals surface area contributed by atoms with Crippen LogP contribution in [-0.4, -0.2) is 0 Å². The quantitative estimate of drug-likeness (QED) is 0.780. The van der Waals surface area contributed by atoms with Crippen LogP contribution < -0.4 is 5.32 Å². The average Bonchev–Trinajstić information content (AvgIpc) is 2.38. The monoisotopic (exact) mass is 297 g/mol. The minimum Gasteiger partial charge on any atom is -0.381 e. The summed E-state index contributed by atoms with van der Waals surface area (Å²) in [6.45, 7) is 3.84. The third-order valence-electron chi connectivity index (χ3n) is 3.34. The minimum absolute atomic E-state index is 0.327. The van der Waals surface area contributed by atoms with Gasteiger partial charge in [-0.05, 0) is 54.8 Å². The van der Waals surface area contributed by atoms with Crippen molar-refractivity contribution in [3.8, 4) is 0 Å². The van der Waals surface area contributed by atoms with E-state index in [0.717, 1.165) is 28.8 Å². The number of hydrogen-bond acceptors (Lipinski definition) is 1. The van der Waals surface area contributed by atoms with Gasteiger partial charge in [-0.3, -0.25) is 0 Å².